The van der Waals surface area contributed by atoms with Crippen molar-refractivity contribution in [2.75, 3.05) is 30.8 Å². The number of anilines is 3. The molecule has 2 amide bonds. The van der Waals surface area contributed by atoms with Gasteiger partial charge in [0.25, 0.3) is 5.91 Å². The normalized spacial score (nSPS) is 20.9. The second-order valence-electron chi connectivity index (χ2n) is 8.83. The summed E-state index contributed by atoms with van der Waals surface area (Å²) >= 11 is 0. The second-order valence-corrected chi connectivity index (χ2v) is 8.83. The Hall–Kier alpha value is -3.27. The number of nitrogens with zero attached hydrogens (tertiary/aromatic N) is 3. The number of carbonyl (C=O) groups is 2. The first-order valence-corrected chi connectivity index (χ1v) is 11.3. The van der Waals surface area contributed by atoms with Crippen LogP contribution >= 0.6 is 0 Å². The maximum Gasteiger partial charge on any atom is 0.251 e. The number of piperidine rings is 1. The van der Waals surface area contributed by atoms with Crippen LogP contribution in [-0.4, -0.2) is 58.9 Å². The number of hydrogen-bond donors (Lipinski definition) is 4. The maximum atomic E-state index is 14.3. The van der Waals surface area contributed by atoms with Crippen LogP contribution in [0.25, 0.3) is 0 Å². The third-order valence-electron chi connectivity index (χ3n) is 6.40. The van der Waals surface area contributed by atoms with Crippen LogP contribution in [-0.2, 0) is 4.79 Å². The van der Waals surface area contributed by atoms with Gasteiger partial charge < -0.3 is 26.6 Å². The zero-order valence-corrected chi connectivity index (χ0v) is 18.7. The Balaban J connectivity index is 0.00000324. The number of rotatable bonds is 7. The molecule has 34 heavy (non-hydrogen) atoms. The largest absolute Gasteiger partial charge is 0.369 e. The van der Waals surface area contributed by atoms with E-state index in [4.69, 9.17) is 5.73 Å². The highest BCUT2D eigenvalue weighted by Crippen LogP contribution is 2.29. The minimum atomic E-state index is -0.600. The van der Waals surface area contributed by atoms with Crippen molar-refractivity contribution in [1.82, 2.24) is 20.2 Å². The lowest BCUT2D eigenvalue weighted by Gasteiger charge is -2.29. The van der Waals surface area contributed by atoms with Gasteiger partial charge in [-0.25, -0.2) is 9.37 Å². The molecule has 2 fully saturated rings. The molecular weight excluding hydrogens is 437 g/mol. The molecule has 1 saturated heterocycles. The quantitative estimate of drug-likeness (QED) is 0.489. The molecule has 1 aliphatic heterocycles. The number of carbonyl (C=O) groups excluding carboxylic acids is 2. The Labute approximate surface area is 199 Å². The zero-order valence-electron chi connectivity index (χ0n) is 18.7. The van der Waals surface area contributed by atoms with Gasteiger partial charge in [-0.1, -0.05) is 13.8 Å². The summed E-state index contributed by atoms with van der Waals surface area (Å²) in [5, 5.41) is 9.13. The fourth-order valence-corrected chi connectivity index (χ4v) is 4.43. The third-order valence-corrected chi connectivity index (χ3v) is 6.40. The number of primary amides is 1. The van der Waals surface area contributed by atoms with Crippen LogP contribution in [0, 0.1) is 11.7 Å². The summed E-state index contributed by atoms with van der Waals surface area (Å²) in [6, 6.07) is 6.91. The molecule has 2 aromatic rings. The Bertz CT molecular complexity index is 993. The average molecular weight is 472 g/mol. The molecule has 4 rings (SSSR count). The van der Waals surface area contributed by atoms with Gasteiger partial charge in [0.2, 0.25) is 11.9 Å². The number of aromatic nitrogens is 2. The second kappa shape index (κ2) is 11.2. The number of hydrogen-bond acceptors (Lipinski definition) is 7. The first-order valence-electron chi connectivity index (χ1n) is 11.3. The van der Waals surface area contributed by atoms with Gasteiger partial charge in [0, 0.05) is 23.3 Å². The van der Waals surface area contributed by atoms with Gasteiger partial charge in [0.1, 0.15) is 0 Å². The van der Waals surface area contributed by atoms with Crippen molar-refractivity contribution in [3.05, 3.63) is 41.8 Å². The lowest BCUT2D eigenvalue weighted by molar-refractivity contribution is -0.121. The van der Waals surface area contributed by atoms with Crippen molar-refractivity contribution >= 4 is 29.3 Å². The number of benzene rings is 1. The standard InChI is InChI=1S/C23H30FN7O2.CH4/c1-31-11-9-16(10-12-31)27-22(33)14-5-7-15(8-6-14)28-23-26-13-18(24)21(30-23)29-19-4-2-3-17(19)20(25)32;/h5-8,13,16-17,19H,2-4,9-12H2,1H3,(H2,25,32)(H,27,33)(H2,26,28,29,30);1H4/t17-,19+;/m0./s1. The van der Waals surface area contributed by atoms with Gasteiger partial charge >= 0.3 is 0 Å². The highest BCUT2D eigenvalue weighted by molar-refractivity contribution is 5.94. The van der Waals surface area contributed by atoms with Crippen LogP contribution in [0.2, 0.25) is 0 Å². The number of amides is 2. The average Bonchev–Trinajstić information content (AvgIpc) is 3.27. The monoisotopic (exact) mass is 471 g/mol. The van der Waals surface area contributed by atoms with Gasteiger partial charge in [-0.05, 0) is 70.1 Å². The van der Waals surface area contributed by atoms with Crippen molar-refractivity contribution in [2.24, 2.45) is 11.7 Å². The predicted molar refractivity (Wildman–Crippen MR) is 130 cm³/mol. The number of likely N-dealkylation sites (tertiary alicyclic amines) is 1. The van der Waals surface area contributed by atoms with Gasteiger partial charge in [0.15, 0.2) is 11.6 Å². The molecule has 1 aromatic carbocycles. The van der Waals surface area contributed by atoms with Crippen molar-refractivity contribution in [3.8, 4) is 0 Å². The zero-order chi connectivity index (χ0) is 23.4. The van der Waals surface area contributed by atoms with E-state index in [0.717, 1.165) is 45.0 Å². The van der Waals surface area contributed by atoms with E-state index in [1.54, 1.807) is 24.3 Å². The first kappa shape index (κ1) is 25.4. The van der Waals surface area contributed by atoms with Crippen molar-refractivity contribution < 1.29 is 14.0 Å². The van der Waals surface area contributed by atoms with E-state index in [9.17, 15) is 14.0 Å². The summed E-state index contributed by atoms with van der Waals surface area (Å²) in [5.74, 6) is -1.20. The maximum absolute atomic E-state index is 14.3. The number of halogens is 1. The van der Waals surface area contributed by atoms with Crippen molar-refractivity contribution in [1.29, 1.82) is 0 Å². The summed E-state index contributed by atoms with van der Waals surface area (Å²) in [6.07, 6.45) is 5.22. The lowest BCUT2D eigenvalue weighted by atomic mass is 10.0. The number of nitrogens with two attached hydrogens (primary N) is 1. The fourth-order valence-electron chi connectivity index (χ4n) is 4.43. The summed E-state index contributed by atoms with van der Waals surface area (Å²) in [7, 11) is 2.08. The molecule has 1 aliphatic carbocycles. The molecular formula is C24H34FN7O2. The van der Waals surface area contributed by atoms with E-state index in [0.29, 0.717) is 17.7 Å². The van der Waals surface area contributed by atoms with Crippen LogP contribution in [0.4, 0.5) is 21.8 Å². The van der Waals surface area contributed by atoms with Crippen LogP contribution < -0.4 is 21.7 Å². The van der Waals surface area contributed by atoms with Gasteiger partial charge in [0.05, 0.1) is 12.1 Å². The van der Waals surface area contributed by atoms with Crippen molar-refractivity contribution in [2.45, 2.75) is 51.6 Å². The van der Waals surface area contributed by atoms with E-state index in [-0.39, 0.29) is 43.1 Å². The number of nitrogens with one attached hydrogen (secondary N) is 3. The molecule has 184 valence electrons. The molecule has 1 aromatic heterocycles. The van der Waals surface area contributed by atoms with E-state index < -0.39 is 11.7 Å². The lowest BCUT2D eigenvalue weighted by Crippen LogP contribution is -2.43. The molecule has 10 heteroatoms. The Morgan fingerprint density at radius 1 is 1.12 bits per heavy atom. The molecule has 2 atom stereocenters. The van der Waals surface area contributed by atoms with E-state index >= 15 is 0 Å². The van der Waals surface area contributed by atoms with E-state index in [1.165, 1.54) is 0 Å². The Kier molecular flexibility index (Phi) is 8.38. The third kappa shape index (κ3) is 6.19. The summed E-state index contributed by atoms with van der Waals surface area (Å²) in [6.45, 7) is 1.96. The van der Waals surface area contributed by atoms with Crippen LogP contribution in [0.1, 0.15) is 49.9 Å². The fraction of sp³-hybridized carbons (Fsp3) is 0.500. The van der Waals surface area contributed by atoms with Crippen LogP contribution in [0.5, 0.6) is 0 Å². The summed E-state index contributed by atoms with van der Waals surface area (Å²) in [4.78, 5) is 34.6. The van der Waals surface area contributed by atoms with Gasteiger partial charge in [-0.15, -0.1) is 0 Å². The highest BCUT2D eigenvalue weighted by atomic mass is 19.1. The topological polar surface area (TPSA) is 125 Å². The molecule has 0 unspecified atom stereocenters. The SMILES string of the molecule is C.CN1CCC(NC(=O)c2ccc(Nc3ncc(F)c(N[C@@H]4CCC[C@@H]4C(N)=O)n3)cc2)CC1. The minimum absolute atomic E-state index is 0. The summed E-state index contributed by atoms with van der Waals surface area (Å²) in [5.41, 5.74) is 6.69. The summed E-state index contributed by atoms with van der Waals surface area (Å²) < 4.78 is 14.3. The first-order chi connectivity index (χ1) is 15.9. The smallest absolute Gasteiger partial charge is 0.251 e. The Morgan fingerprint density at radius 2 is 1.82 bits per heavy atom. The highest BCUT2D eigenvalue weighted by Gasteiger charge is 2.32. The molecule has 5 N–H and O–H groups in total. The predicted octanol–water partition coefficient (Wildman–Crippen LogP) is 2.89. The Morgan fingerprint density at radius 3 is 2.50 bits per heavy atom. The van der Waals surface area contributed by atoms with E-state index in [2.05, 4.69) is 37.9 Å². The molecule has 2 heterocycles. The molecule has 1 saturated carbocycles. The minimum Gasteiger partial charge on any atom is -0.369 e. The van der Waals surface area contributed by atoms with Crippen LogP contribution in [0.15, 0.2) is 30.5 Å². The molecule has 2 aliphatic rings. The molecule has 0 spiro atoms. The van der Waals surface area contributed by atoms with Gasteiger partial charge in [-0.3, -0.25) is 9.59 Å². The van der Waals surface area contributed by atoms with Gasteiger partial charge in [-0.2, -0.15) is 4.98 Å². The van der Waals surface area contributed by atoms with E-state index in [1.807, 2.05) is 0 Å². The van der Waals surface area contributed by atoms with Crippen molar-refractivity contribution in [3.63, 3.8) is 0 Å². The molecule has 0 bridgehead atoms. The van der Waals surface area contributed by atoms with Crippen LogP contribution in [0.3, 0.4) is 0 Å². The molecule has 0 radical (unpaired) electrons. The molecule has 9 nitrogen and oxygen atoms in total.